The van der Waals surface area contributed by atoms with E-state index in [1.165, 1.54) is 199 Å². The Morgan fingerprint density at radius 1 is 0.164 bits per heavy atom. The van der Waals surface area contributed by atoms with E-state index in [1.807, 2.05) is 0 Å². The Morgan fingerprint density at radius 2 is 0.311 bits per heavy atom. The first kappa shape index (κ1) is 120. The lowest BCUT2D eigenvalue weighted by Crippen LogP contribution is -2.29. The molecule has 0 N–H and O–H groups in total. The predicted octanol–water partition coefficient (Wildman–Crippen LogP) is 18.6. The molecule has 0 saturated carbocycles. The Balaban J connectivity index is 3.56. The molecule has 0 aliphatic heterocycles. The quantitative estimate of drug-likeness (QED) is 0.0237. The van der Waals surface area contributed by atoms with Crippen molar-refractivity contribution in [1.29, 1.82) is 0 Å². The number of hydrogen-bond donors (Lipinski definition) is 0. The van der Waals surface area contributed by atoms with Crippen molar-refractivity contribution in [2.75, 3.05) is 271 Å². The Bertz CT molecular complexity index is 2000. The van der Waals surface area contributed by atoms with E-state index >= 15 is 0 Å². The fraction of sp³-hybridized carbons (Fsp3) is 0.969. The molecular formula is C96H188O26. The molecule has 122 heavy (non-hydrogen) atoms. The molecule has 0 saturated heterocycles. The molecule has 26 nitrogen and oxygen atoms in total. The maximum Gasteiger partial charge on any atom is 0.308 e. The van der Waals surface area contributed by atoms with Crippen LogP contribution in [0.5, 0.6) is 0 Å². The Morgan fingerprint density at radius 3 is 0.500 bits per heavy atom. The molecule has 0 aliphatic carbocycles. The molecule has 0 amide bonds. The van der Waals surface area contributed by atoms with Crippen LogP contribution in [0.1, 0.15) is 311 Å². The molecule has 0 fully saturated rings. The minimum absolute atomic E-state index is 0.134. The highest BCUT2D eigenvalue weighted by atomic mass is 16.7. The van der Waals surface area contributed by atoms with Gasteiger partial charge in [-0.05, 0) is 37.0 Å². The van der Waals surface area contributed by atoms with Crippen LogP contribution < -0.4 is 0 Å². The number of unbranched alkanes of at least 4 members (excludes halogenated alkanes) is 33. The van der Waals surface area contributed by atoms with Gasteiger partial charge in [-0.15, -0.1) is 0 Å². The van der Waals surface area contributed by atoms with Crippen LogP contribution in [-0.4, -0.2) is 295 Å². The van der Waals surface area contributed by atoms with Gasteiger partial charge in [-0.2, -0.15) is 0 Å². The second kappa shape index (κ2) is 106. The summed E-state index contributed by atoms with van der Waals surface area (Å²) < 4.78 is 128. The van der Waals surface area contributed by atoms with Crippen molar-refractivity contribution in [2.45, 2.75) is 318 Å². The number of carbonyl (C=O) groups is 3. The summed E-state index contributed by atoms with van der Waals surface area (Å²) in [6.07, 6.45) is 49.2. The van der Waals surface area contributed by atoms with Crippen molar-refractivity contribution < 1.29 is 123 Å². The van der Waals surface area contributed by atoms with Gasteiger partial charge in [-0.3, -0.25) is 14.4 Å². The van der Waals surface area contributed by atoms with Crippen LogP contribution in [0.25, 0.3) is 0 Å². The van der Waals surface area contributed by atoms with Crippen molar-refractivity contribution in [3.8, 4) is 0 Å². The smallest absolute Gasteiger partial charge is 0.308 e. The summed E-state index contributed by atoms with van der Waals surface area (Å²) >= 11 is 0. The maximum absolute atomic E-state index is 12.9. The van der Waals surface area contributed by atoms with Crippen LogP contribution in [0.3, 0.4) is 0 Å². The summed E-state index contributed by atoms with van der Waals surface area (Å²) in [7, 11) is 0. The fourth-order valence-corrected chi connectivity index (χ4v) is 12.9. The van der Waals surface area contributed by atoms with E-state index in [2.05, 4.69) is 41.5 Å². The van der Waals surface area contributed by atoms with Crippen molar-refractivity contribution in [3.63, 3.8) is 0 Å². The summed E-state index contributed by atoms with van der Waals surface area (Å²) in [5.41, 5.74) is 0. The van der Waals surface area contributed by atoms with Gasteiger partial charge in [0.2, 0.25) is 6.29 Å². The minimum atomic E-state index is -0.979. The van der Waals surface area contributed by atoms with Gasteiger partial charge in [0.15, 0.2) is 6.61 Å². The Hall–Kier alpha value is -2.39. The topological polar surface area (TPSA) is 263 Å². The molecule has 1 atom stereocenters. The lowest BCUT2D eigenvalue weighted by atomic mass is 10.0. The van der Waals surface area contributed by atoms with Crippen LogP contribution in [0, 0.1) is 17.8 Å². The number of rotatable bonds is 109. The van der Waals surface area contributed by atoms with E-state index in [9.17, 15) is 14.4 Å². The second-order valence-corrected chi connectivity index (χ2v) is 32.9. The lowest BCUT2D eigenvalue weighted by molar-refractivity contribution is -0.197. The van der Waals surface area contributed by atoms with Gasteiger partial charge >= 0.3 is 17.9 Å². The first-order chi connectivity index (χ1) is 60.1. The molecular weight excluding hydrogens is 1570 g/mol. The molecule has 0 bridgehead atoms. The molecule has 0 aromatic carbocycles. The zero-order chi connectivity index (χ0) is 88.0. The third-order valence-corrected chi connectivity index (χ3v) is 20.1. The van der Waals surface area contributed by atoms with Gasteiger partial charge < -0.3 is 109 Å². The van der Waals surface area contributed by atoms with Gasteiger partial charge in [0, 0.05) is 19.3 Å². The van der Waals surface area contributed by atoms with E-state index in [4.69, 9.17) is 109 Å². The highest BCUT2D eigenvalue weighted by Gasteiger charge is 2.18. The zero-order valence-electron chi connectivity index (χ0n) is 79.1. The number of ether oxygens (including phenoxy) is 23. The lowest BCUT2D eigenvalue weighted by Gasteiger charge is -2.18. The van der Waals surface area contributed by atoms with Crippen molar-refractivity contribution >= 4 is 17.9 Å². The molecule has 0 aromatic heterocycles. The van der Waals surface area contributed by atoms with Crippen LogP contribution in [0.2, 0.25) is 0 Å². The molecule has 0 heterocycles. The van der Waals surface area contributed by atoms with E-state index < -0.39 is 6.29 Å². The zero-order valence-corrected chi connectivity index (χ0v) is 79.1. The average molecular weight is 1760 g/mol. The SMILES string of the molecule is CC(C)CCCCCCCCCCCCCCC(=O)OCCOCCOCCOCCOCCOCCOCCOCCOCCOCCOCCOCCOCCOCCOCCOCCOCCOCCOCCOCCOC(COC(=O)CCCCCCCCCCCCCCC(C)C)OC(=O)CCCCCCCCCCCCCCC(C)C. The standard InChI is InChI=1S/C96H188O26/c1-90(2)43-37-31-25-19-13-7-10-16-22-28-34-40-46-93(97)119-87-85-117-83-81-115-79-77-113-75-73-111-71-69-109-67-65-107-63-61-105-59-57-103-55-53-101-51-49-100-50-52-102-54-56-104-58-60-106-62-64-108-66-68-110-70-72-112-74-76-114-78-80-116-82-84-118-86-88-120-96(122-95(99)48-42-36-30-24-18-12-9-15-21-27-33-39-45-92(5)6)89-121-94(98)47-41-35-29-23-17-11-8-14-20-26-32-38-44-91(3)4/h90-92,96H,7-89H2,1-6H3. The van der Waals surface area contributed by atoms with Crippen molar-refractivity contribution in [1.82, 2.24) is 0 Å². The van der Waals surface area contributed by atoms with Gasteiger partial charge in [-0.25, -0.2) is 0 Å². The molecule has 0 aromatic rings. The first-order valence-corrected chi connectivity index (χ1v) is 49.2. The van der Waals surface area contributed by atoms with E-state index in [0.29, 0.717) is 264 Å². The summed E-state index contributed by atoms with van der Waals surface area (Å²) in [4.78, 5) is 37.6. The monoisotopic (exact) mass is 1760 g/mol. The average Bonchev–Trinajstić information content (AvgIpc) is 0.948. The predicted molar refractivity (Wildman–Crippen MR) is 482 cm³/mol. The third kappa shape index (κ3) is 108. The summed E-state index contributed by atoms with van der Waals surface area (Å²) in [6.45, 7) is 31.5. The summed E-state index contributed by atoms with van der Waals surface area (Å²) in [6, 6.07) is 0. The van der Waals surface area contributed by atoms with Crippen molar-refractivity contribution in [2.24, 2.45) is 17.8 Å². The number of hydrogen-bond acceptors (Lipinski definition) is 26. The summed E-state index contributed by atoms with van der Waals surface area (Å²) in [5.74, 6) is 1.70. The Labute approximate surface area is 744 Å². The summed E-state index contributed by atoms with van der Waals surface area (Å²) in [5, 5.41) is 0. The van der Waals surface area contributed by atoms with Gasteiger partial charge in [0.05, 0.1) is 258 Å². The van der Waals surface area contributed by atoms with Gasteiger partial charge in [-0.1, -0.05) is 273 Å². The minimum Gasteiger partial charge on any atom is -0.463 e. The van der Waals surface area contributed by atoms with Crippen molar-refractivity contribution in [3.05, 3.63) is 0 Å². The largest absolute Gasteiger partial charge is 0.463 e. The molecule has 0 rings (SSSR count). The van der Waals surface area contributed by atoms with E-state index in [0.717, 1.165) is 69.1 Å². The molecule has 0 spiro atoms. The first-order valence-electron chi connectivity index (χ1n) is 49.2. The van der Waals surface area contributed by atoms with Crippen LogP contribution in [0.15, 0.2) is 0 Å². The fourth-order valence-electron chi connectivity index (χ4n) is 12.9. The van der Waals surface area contributed by atoms with Crippen LogP contribution in [0.4, 0.5) is 0 Å². The van der Waals surface area contributed by atoms with Gasteiger partial charge in [0.25, 0.3) is 0 Å². The molecule has 728 valence electrons. The van der Waals surface area contributed by atoms with E-state index in [1.54, 1.807) is 0 Å². The number of carbonyl (C=O) groups excluding carboxylic acids is 3. The number of esters is 3. The normalized spacial score (nSPS) is 12.1. The van der Waals surface area contributed by atoms with E-state index in [-0.39, 0.29) is 44.3 Å². The highest BCUT2D eigenvalue weighted by Crippen LogP contribution is 2.19. The third-order valence-electron chi connectivity index (χ3n) is 20.1. The highest BCUT2D eigenvalue weighted by molar-refractivity contribution is 5.70. The molecule has 1 unspecified atom stereocenters. The van der Waals surface area contributed by atoms with Crippen LogP contribution in [-0.2, 0) is 123 Å². The maximum atomic E-state index is 12.9. The molecule has 26 heteroatoms. The Kier molecular flexibility index (Phi) is 104. The molecule has 0 radical (unpaired) electrons. The second-order valence-electron chi connectivity index (χ2n) is 32.9. The van der Waals surface area contributed by atoms with Crippen LogP contribution >= 0.6 is 0 Å². The molecule has 0 aliphatic rings. The van der Waals surface area contributed by atoms with Gasteiger partial charge in [0.1, 0.15) is 6.61 Å².